The molecule has 0 radical (unpaired) electrons. The zero-order chi connectivity index (χ0) is 22.0. The number of imidazole rings is 1. The minimum atomic E-state index is 0.423. The molecule has 0 unspecified atom stereocenters. The van der Waals surface area contributed by atoms with Gasteiger partial charge < -0.3 is 10.3 Å². The topological polar surface area (TPSA) is 86.7 Å². The van der Waals surface area contributed by atoms with Crippen molar-refractivity contribution in [2.24, 2.45) is 0 Å². The van der Waals surface area contributed by atoms with Crippen LogP contribution in [0.25, 0.3) is 27.8 Å². The maximum absolute atomic E-state index is 8.95. The van der Waals surface area contributed by atoms with E-state index in [4.69, 9.17) is 24.1 Å². The second-order valence-electron chi connectivity index (χ2n) is 6.96. The number of nitrogens with zero attached hydrogens (tertiary/aromatic N) is 5. The lowest BCUT2D eigenvalue weighted by atomic mass is 10.0. The van der Waals surface area contributed by atoms with Gasteiger partial charge in [-0.1, -0.05) is 18.2 Å². The highest BCUT2D eigenvalue weighted by atomic mass is 32.1. The van der Waals surface area contributed by atoms with Gasteiger partial charge in [-0.05, 0) is 67.0 Å². The molecule has 0 amide bonds. The van der Waals surface area contributed by atoms with E-state index in [1.165, 1.54) is 6.20 Å². The molecular formula is C23H17N7S. The minimum Gasteiger partial charge on any atom is -0.328 e. The fraction of sp³-hybridized carbons (Fsp3) is 0.0870. The summed E-state index contributed by atoms with van der Waals surface area (Å²) in [5, 5.41) is 12.1. The van der Waals surface area contributed by atoms with Crippen LogP contribution in [-0.4, -0.2) is 19.5 Å². The minimum absolute atomic E-state index is 0.423. The maximum Gasteiger partial charge on any atom is 0.229 e. The summed E-state index contributed by atoms with van der Waals surface area (Å²) in [5.74, 6) is 0.423. The normalized spacial score (nSPS) is 10.8. The van der Waals surface area contributed by atoms with Gasteiger partial charge in [-0.15, -0.1) is 0 Å². The van der Waals surface area contributed by atoms with Crippen molar-refractivity contribution in [3.05, 3.63) is 87.2 Å². The highest BCUT2D eigenvalue weighted by Crippen LogP contribution is 2.26. The number of nitriles is 1. The Kier molecular flexibility index (Phi) is 5.31. The summed E-state index contributed by atoms with van der Waals surface area (Å²) in [6.07, 6.45) is 4.92. The van der Waals surface area contributed by atoms with Gasteiger partial charge >= 0.3 is 0 Å². The lowest BCUT2D eigenvalue weighted by molar-refractivity contribution is 1.01. The molecule has 0 atom stereocenters. The van der Waals surface area contributed by atoms with E-state index >= 15 is 0 Å². The van der Waals surface area contributed by atoms with Gasteiger partial charge in [-0.2, -0.15) is 10.2 Å². The van der Waals surface area contributed by atoms with Gasteiger partial charge in [-0.3, -0.25) is 4.57 Å². The van der Waals surface area contributed by atoms with Crippen LogP contribution < -0.4 is 5.32 Å². The number of hydrogen-bond donors (Lipinski definition) is 2. The summed E-state index contributed by atoms with van der Waals surface area (Å²) in [6.45, 7) is 11.0. The summed E-state index contributed by atoms with van der Waals surface area (Å²) in [4.78, 5) is 15.5. The van der Waals surface area contributed by atoms with E-state index in [-0.39, 0.29) is 0 Å². The summed E-state index contributed by atoms with van der Waals surface area (Å²) in [7, 11) is 0. The molecule has 2 N–H and O–H groups in total. The van der Waals surface area contributed by atoms with E-state index < -0.39 is 0 Å². The van der Waals surface area contributed by atoms with Crippen molar-refractivity contribution in [1.29, 1.82) is 5.26 Å². The second kappa shape index (κ2) is 8.23. The third-order valence-corrected chi connectivity index (χ3v) is 5.06. The maximum atomic E-state index is 8.95. The number of fused-ring (bicyclic) bond motifs is 1. The van der Waals surface area contributed by atoms with E-state index in [9.17, 15) is 0 Å². The molecule has 4 aromatic rings. The highest BCUT2D eigenvalue weighted by Gasteiger charge is 2.14. The van der Waals surface area contributed by atoms with E-state index in [0.717, 1.165) is 33.6 Å². The van der Waals surface area contributed by atoms with Crippen molar-refractivity contribution in [2.75, 3.05) is 5.32 Å². The Balaban J connectivity index is 1.80. The smallest absolute Gasteiger partial charge is 0.229 e. The largest absolute Gasteiger partial charge is 0.328 e. The molecule has 2 aromatic heterocycles. The molecule has 4 rings (SSSR count). The molecule has 150 valence electrons. The Bertz CT molecular complexity index is 1440. The summed E-state index contributed by atoms with van der Waals surface area (Å²) < 4.78 is 2.43. The predicted octanol–water partition coefficient (Wildman–Crippen LogP) is 5.60. The van der Waals surface area contributed by atoms with Crippen LogP contribution in [0.5, 0.6) is 0 Å². The van der Waals surface area contributed by atoms with Gasteiger partial charge in [0.25, 0.3) is 0 Å². The number of hydrogen-bond acceptors (Lipinski definition) is 5. The first-order chi connectivity index (χ1) is 15.0. The highest BCUT2D eigenvalue weighted by molar-refractivity contribution is 7.71. The molecule has 0 bridgehead atoms. The first kappa shape index (κ1) is 20.0. The third kappa shape index (κ3) is 3.93. The van der Waals surface area contributed by atoms with Crippen LogP contribution in [0, 0.1) is 36.5 Å². The van der Waals surface area contributed by atoms with Crippen LogP contribution >= 0.6 is 12.2 Å². The van der Waals surface area contributed by atoms with Gasteiger partial charge in [-0.25, -0.2) is 9.83 Å². The first-order valence-electron chi connectivity index (χ1n) is 9.40. The molecule has 0 aliphatic heterocycles. The summed E-state index contributed by atoms with van der Waals surface area (Å²) in [6, 6.07) is 13.2. The van der Waals surface area contributed by atoms with Gasteiger partial charge in [0.15, 0.2) is 16.6 Å². The van der Waals surface area contributed by atoms with Crippen molar-refractivity contribution in [1.82, 2.24) is 19.5 Å². The van der Waals surface area contributed by atoms with Crippen molar-refractivity contribution in [2.45, 2.75) is 13.8 Å². The van der Waals surface area contributed by atoms with Crippen LogP contribution in [0.2, 0.25) is 0 Å². The lowest BCUT2D eigenvalue weighted by Gasteiger charge is -2.13. The van der Waals surface area contributed by atoms with Crippen LogP contribution in [0.15, 0.2) is 48.8 Å². The molecule has 0 spiro atoms. The standard InChI is InChI=1S/C23H17N7S/c1-14-10-17(8-9-25-3)11-15(2)20(14)30-21-19(28-23(30)31)13-26-22(29-21)27-18-6-4-16(12-24)5-7-18/h4-11,13H,1-2H3,(H,28,31)(H,26,27,29). The molecule has 0 saturated heterocycles. The van der Waals surface area contributed by atoms with Crippen molar-refractivity contribution < 1.29 is 0 Å². The average Bonchev–Trinajstić information content (AvgIpc) is 3.07. The zero-order valence-electron chi connectivity index (χ0n) is 16.8. The molecule has 31 heavy (non-hydrogen) atoms. The van der Waals surface area contributed by atoms with Gasteiger partial charge in [0.05, 0.1) is 30.1 Å². The van der Waals surface area contributed by atoms with Gasteiger partial charge in [0.1, 0.15) is 5.52 Å². The number of anilines is 2. The van der Waals surface area contributed by atoms with E-state index in [1.54, 1.807) is 36.5 Å². The molecule has 0 aliphatic rings. The molecule has 0 saturated carbocycles. The number of aryl methyl sites for hydroxylation is 2. The van der Waals surface area contributed by atoms with Gasteiger partial charge in [0.2, 0.25) is 5.95 Å². The van der Waals surface area contributed by atoms with Crippen molar-refractivity contribution in [3.63, 3.8) is 0 Å². The lowest BCUT2D eigenvalue weighted by Crippen LogP contribution is -2.04. The number of rotatable bonds is 4. The van der Waals surface area contributed by atoms with Crippen LogP contribution in [-0.2, 0) is 0 Å². The van der Waals surface area contributed by atoms with E-state index in [0.29, 0.717) is 21.9 Å². The van der Waals surface area contributed by atoms with Crippen molar-refractivity contribution in [3.8, 4) is 11.8 Å². The average molecular weight is 424 g/mol. The number of aromatic amines is 1. The van der Waals surface area contributed by atoms with Crippen LogP contribution in [0.4, 0.5) is 11.6 Å². The third-order valence-electron chi connectivity index (χ3n) is 4.77. The Morgan fingerprint density at radius 2 is 1.94 bits per heavy atom. The quantitative estimate of drug-likeness (QED) is 0.330. The predicted molar refractivity (Wildman–Crippen MR) is 124 cm³/mol. The number of nitrogens with one attached hydrogen (secondary N) is 2. The SMILES string of the molecule is [C-]#[N+]C=Cc1cc(C)c(-n2c(=S)[nH]c3cnc(Nc4ccc(C#N)cc4)nc32)c(C)c1. The molecule has 8 heteroatoms. The molecule has 2 aromatic carbocycles. The van der Waals surface area contributed by atoms with Crippen molar-refractivity contribution >= 4 is 41.1 Å². The molecule has 7 nitrogen and oxygen atoms in total. The summed E-state index contributed by atoms with van der Waals surface area (Å²) in [5.41, 5.74) is 6.68. The molecular weight excluding hydrogens is 406 g/mol. The number of aromatic nitrogens is 4. The van der Waals surface area contributed by atoms with Crippen LogP contribution in [0.3, 0.4) is 0 Å². The fourth-order valence-corrected chi connectivity index (χ4v) is 3.77. The monoisotopic (exact) mass is 423 g/mol. The Hall–Kier alpha value is -4.27. The Morgan fingerprint density at radius 1 is 1.23 bits per heavy atom. The Morgan fingerprint density at radius 3 is 2.58 bits per heavy atom. The van der Waals surface area contributed by atoms with E-state index in [2.05, 4.69) is 31.2 Å². The van der Waals surface area contributed by atoms with Crippen LogP contribution in [0.1, 0.15) is 22.3 Å². The first-order valence-corrected chi connectivity index (χ1v) is 9.80. The number of benzene rings is 2. The Labute approximate surface area is 184 Å². The fourth-order valence-electron chi connectivity index (χ4n) is 3.49. The van der Waals surface area contributed by atoms with E-state index in [1.807, 2.05) is 30.5 Å². The van der Waals surface area contributed by atoms with Gasteiger partial charge in [0, 0.05) is 5.69 Å². The molecule has 0 aliphatic carbocycles. The molecule has 0 fully saturated rings. The summed E-state index contributed by atoms with van der Waals surface area (Å²) >= 11 is 5.59. The zero-order valence-corrected chi connectivity index (χ0v) is 17.7. The second-order valence-corrected chi connectivity index (χ2v) is 7.35. The molecule has 2 heterocycles. The number of H-pyrrole nitrogens is 1.